The van der Waals surface area contributed by atoms with E-state index < -0.39 is 0 Å². The Morgan fingerprint density at radius 2 is 1.70 bits per heavy atom. The van der Waals surface area contributed by atoms with Crippen LogP contribution in [0.4, 0.5) is 0 Å². The third kappa shape index (κ3) is 2.43. The molecule has 0 aliphatic rings. The fourth-order valence-electron chi connectivity index (χ4n) is 2.27. The van der Waals surface area contributed by atoms with E-state index in [-0.39, 0.29) is 0 Å². The lowest BCUT2D eigenvalue weighted by Gasteiger charge is -2.11. The van der Waals surface area contributed by atoms with Crippen LogP contribution in [-0.4, -0.2) is 19.2 Å². The fraction of sp³-hybridized carbons (Fsp3) is 0.250. The van der Waals surface area contributed by atoms with E-state index in [4.69, 9.17) is 14.7 Å². The molecule has 2 aromatic rings. The summed E-state index contributed by atoms with van der Waals surface area (Å²) in [5.74, 6) is 1.36. The van der Waals surface area contributed by atoms with Crippen molar-refractivity contribution in [1.82, 2.24) is 4.98 Å². The maximum atomic E-state index is 9.13. The molecule has 0 bridgehead atoms. The number of methoxy groups -OCH3 is 2. The molecule has 0 atom stereocenters. The number of hydrogen-bond donors (Lipinski definition) is 0. The van der Waals surface area contributed by atoms with Gasteiger partial charge < -0.3 is 9.47 Å². The van der Waals surface area contributed by atoms with Gasteiger partial charge in [-0.2, -0.15) is 5.26 Å². The molecule has 0 saturated carbocycles. The second-order valence-corrected chi connectivity index (χ2v) is 4.52. The van der Waals surface area contributed by atoms with Crippen molar-refractivity contribution >= 4 is 0 Å². The second-order valence-electron chi connectivity index (χ2n) is 4.52. The van der Waals surface area contributed by atoms with Crippen molar-refractivity contribution in [3.8, 4) is 28.8 Å². The van der Waals surface area contributed by atoms with Crippen molar-refractivity contribution in [2.45, 2.75) is 13.8 Å². The lowest BCUT2D eigenvalue weighted by Crippen LogP contribution is -1.95. The Labute approximate surface area is 118 Å². The van der Waals surface area contributed by atoms with Crippen molar-refractivity contribution in [2.75, 3.05) is 14.2 Å². The molecule has 0 aliphatic heterocycles. The molecule has 1 aromatic heterocycles. The summed E-state index contributed by atoms with van der Waals surface area (Å²) in [5.41, 5.74) is 4.26. The monoisotopic (exact) mass is 268 g/mol. The number of nitrogens with zero attached hydrogens (tertiary/aromatic N) is 2. The molecular formula is C16H16N2O2. The molecule has 4 nitrogen and oxygen atoms in total. The topological polar surface area (TPSA) is 55.1 Å². The van der Waals surface area contributed by atoms with Crippen LogP contribution in [0.2, 0.25) is 0 Å². The predicted molar refractivity (Wildman–Crippen MR) is 77.0 cm³/mol. The summed E-state index contributed by atoms with van der Waals surface area (Å²) >= 11 is 0. The normalized spacial score (nSPS) is 9.95. The van der Waals surface area contributed by atoms with Crippen LogP contribution in [0.5, 0.6) is 11.5 Å². The zero-order chi connectivity index (χ0) is 14.7. The zero-order valence-corrected chi connectivity index (χ0v) is 12.0. The van der Waals surface area contributed by atoms with Crippen LogP contribution in [0.1, 0.15) is 16.7 Å². The number of hydrogen-bond acceptors (Lipinski definition) is 4. The van der Waals surface area contributed by atoms with Gasteiger partial charge in [0.05, 0.1) is 31.7 Å². The Morgan fingerprint density at radius 1 is 1.05 bits per heavy atom. The summed E-state index contributed by atoms with van der Waals surface area (Å²) in [7, 11) is 3.19. The Hall–Kier alpha value is -2.54. The van der Waals surface area contributed by atoms with Crippen LogP contribution in [0.3, 0.4) is 0 Å². The van der Waals surface area contributed by atoms with Crippen molar-refractivity contribution in [3.05, 3.63) is 41.1 Å². The number of nitriles is 1. The first kappa shape index (κ1) is 13.9. The van der Waals surface area contributed by atoms with Crippen LogP contribution in [0, 0.1) is 25.2 Å². The highest BCUT2D eigenvalue weighted by Crippen LogP contribution is 2.30. The highest BCUT2D eigenvalue weighted by Gasteiger charge is 2.10. The standard InChI is InChI=1S/C16H16N2O2/c1-10-5-12(6-11(2)16(10)20-4)14-7-13(8-17)15(19-3)9-18-14/h5-7,9H,1-4H3. The highest BCUT2D eigenvalue weighted by atomic mass is 16.5. The molecule has 0 spiro atoms. The van der Waals surface area contributed by atoms with Crippen molar-refractivity contribution < 1.29 is 9.47 Å². The molecular weight excluding hydrogens is 252 g/mol. The van der Waals surface area contributed by atoms with E-state index in [1.807, 2.05) is 26.0 Å². The van der Waals surface area contributed by atoms with Gasteiger partial charge in [0.25, 0.3) is 0 Å². The highest BCUT2D eigenvalue weighted by molar-refractivity contribution is 5.66. The molecule has 102 valence electrons. The van der Waals surface area contributed by atoms with E-state index in [0.29, 0.717) is 11.3 Å². The smallest absolute Gasteiger partial charge is 0.154 e. The zero-order valence-electron chi connectivity index (χ0n) is 12.0. The largest absolute Gasteiger partial charge is 0.496 e. The molecule has 1 aromatic carbocycles. The van der Waals surface area contributed by atoms with Gasteiger partial charge in [-0.25, -0.2) is 0 Å². The minimum absolute atomic E-state index is 0.476. The van der Waals surface area contributed by atoms with E-state index >= 15 is 0 Å². The maximum Gasteiger partial charge on any atom is 0.154 e. The van der Waals surface area contributed by atoms with Gasteiger partial charge in [0.1, 0.15) is 11.8 Å². The molecule has 2 rings (SSSR count). The van der Waals surface area contributed by atoms with E-state index in [1.54, 1.807) is 19.4 Å². The van der Waals surface area contributed by atoms with Crippen LogP contribution < -0.4 is 9.47 Å². The minimum atomic E-state index is 0.476. The van der Waals surface area contributed by atoms with Gasteiger partial charge in [0, 0.05) is 5.56 Å². The molecule has 4 heteroatoms. The van der Waals surface area contributed by atoms with E-state index in [0.717, 1.165) is 28.1 Å². The minimum Gasteiger partial charge on any atom is -0.496 e. The van der Waals surface area contributed by atoms with Gasteiger partial charge >= 0.3 is 0 Å². The van der Waals surface area contributed by atoms with Crippen molar-refractivity contribution in [1.29, 1.82) is 5.26 Å². The van der Waals surface area contributed by atoms with Crippen LogP contribution in [0.25, 0.3) is 11.3 Å². The molecule has 1 heterocycles. The third-order valence-corrected chi connectivity index (χ3v) is 3.17. The molecule has 20 heavy (non-hydrogen) atoms. The first-order valence-electron chi connectivity index (χ1n) is 6.20. The number of rotatable bonds is 3. The Balaban J connectivity index is 2.55. The van der Waals surface area contributed by atoms with Crippen LogP contribution in [0.15, 0.2) is 24.4 Å². The third-order valence-electron chi connectivity index (χ3n) is 3.17. The average molecular weight is 268 g/mol. The summed E-state index contributed by atoms with van der Waals surface area (Å²) in [4.78, 5) is 4.35. The van der Waals surface area contributed by atoms with E-state index in [1.165, 1.54) is 7.11 Å². The van der Waals surface area contributed by atoms with Crippen molar-refractivity contribution in [3.63, 3.8) is 0 Å². The van der Waals surface area contributed by atoms with E-state index in [2.05, 4.69) is 11.1 Å². The van der Waals surface area contributed by atoms with Crippen LogP contribution in [-0.2, 0) is 0 Å². The SMILES string of the molecule is COc1cnc(-c2cc(C)c(OC)c(C)c2)cc1C#N. The van der Waals surface area contributed by atoms with E-state index in [9.17, 15) is 0 Å². The predicted octanol–water partition coefficient (Wildman–Crippen LogP) is 3.25. The Bertz CT molecular complexity index is 664. The van der Waals surface area contributed by atoms with Crippen LogP contribution >= 0.6 is 0 Å². The maximum absolute atomic E-state index is 9.13. The number of pyridine rings is 1. The van der Waals surface area contributed by atoms with Gasteiger partial charge in [-0.15, -0.1) is 0 Å². The lowest BCUT2D eigenvalue weighted by atomic mass is 10.0. The summed E-state index contributed by atoms with van der Waals surface area (Å²) in [6, 6.07) is 7.86. The van der Waals surface area contributed by atoms with Gasteiger partial charge in [-0.3, -0.25) is 4.98 Å². The number of aromatic nitrogens is 1. The first-order chi connectivity index (χ1) is 9.60. The number of aryl methyl sites for hydroxylation is 2. The molecule has 0 radical (unpaired) electrons. The quantitative estimate of drug-likeness (QED) is 0.857. The Kier molecular flexibility index (Phi) is 3.90. The number of ether oxygens (including phenoxy) is 2. The summed E-state index contributed by atoms with van der Waals surface area (Å²) < 4.78 is 10.5. The first-order valence-corrected chi connectivity index (χ1v) is 6.20. The molecule has 0 N–H and O–H groups in total. The Morgan fingerprint density at radius 3 is 2.20 bits per heavy atom. The molecule has 0 aliphatic carbocycles. The molecule has 0 fully saturated rings. The molecule has 0 saturated heterocycles. The van der Waals surface area contributed by atoms with Gasteiger partial charge in [-0.1, -0.05) is 0 Å². The fourth-order valence-corrected chi connectivity index (χ4v) is 2.27. The summed E-state index contributed by atoms with van der Waals surface area (Å²) in [5, 5.41) is 9.13. The second kappa shape index (κ2) is 5.62. The summed E-state index contributed by atoms with van der Waals surface area (Å²) in [6.45, 7) is 3.98. The van der Waals surface area contributed by atoms with Gasteiger partial charge in [-0.05, 0) is 43.2 Å². The summed E-state index contributed by atoms with van der Waals surface area (Å²) in [6.07, 6.45) is 1.57. The number of benzene rings is 1. The average Bonchev–Trinajstić information content (AvgIpc) is 2.46. The van der Waals surface area contributed by atoms with Gasteiger partial charge in [0.2, 0.25) is 0 Å². The van der Waals surface area contributed by atoms with Gasteiger partial charge in [0.15, 0.2) is 5.75 Å². The molecule has 0 unspecified atom stereocenters. The molecule has 0 amide bonds. The lowest BCUT2D eigenvalue weighted by molar-refractivity contribution is 0.408. The van der Waals surface area contributed by atoms with Crippen molar-refractivity contribution in [2.24, 2.45) is 0 Å².